The van der Waals surface area contributed by atoms with E-state index in [1.54, 1.807) is 0 Å². The molecule has 1 aliphatic carbocycles. The smallest absolute Gasteiger partial charge is 0.0102 e. The molecule has 0 radical (unpaired) electrons. The molecule has 0 aromatic heterocycles. The molecule has 1 rings (SSSR count). The molecule has 0 aromatic carbocycles. The first kappa shape index (κ1) is 8.06. The van der Waals surface area contributed by atoms with Gasteiger partial charge in [-0.2, -0.15) is 0 Å². The van der Waals surface area contributed by atoms with Crippen LogP contribution in [0.4, 0.5) is 0 Å². The van der Waals surface area contributed by atoms with Gasteiger partial charge in [0.05, 0.1) is 0 Å². The lowest BCUT2D eigenvalue weighted by Crippen LogP contribution is -2.38. The van der Waals surface area contributed by atoms with Gasteiger partial charge in [0.2, 0.25) is 0 Å². The second kappa shape index (κ2) is 2.91. The van der Waals surface area contributed by atoms with Crippen LogP contribution in [0.15, 0.2) is 0 Å². The van der Waals surface area contributed by atoms with Gasteiger partial charge in [-0.15, -0.1) is 0 Å². The fourth-order valence-corrected chi connectivity index (χ4v) is 1.81. The molecule has 0 bridgehead atoms. The Hall–Kier alpha value is -0.0400. The van der Waals surface area contributed by atoms with Gasteiger partial charge in [0.25, 0.3) is 0 Å². The van der Waals surface area contributed by atoms with Crippen molar-refractivity contribution in [2.24, 2.45) is 0 Å². The normalized spacial score (nSPS) is 19.5. The fourth-order valence-electron chi connectivity index (χ4n) is 1.81. The number of rotatable bonds is 3. The van der Waals surface area contributed by atoms with Crippen molar-refractivity contribution in [2.75, 3.05) is 0 Å². The Morgan fingerprint density at radius 3 is 1.50 bits per heavy atom. The van der Waals surface area contributed by atoms with Gasteiger partial charge in [-0.25, -0.2) is 0 Å². The molecule has 1 aliphatic rings. The van der Waals surface area contributed by atoms with Crippen LogP contribution in [0.5, 0.6) is 0 Å². The Kier molecular flexibility index (Phi) is 2.35. The minimum absolute atomic E-state index is 0.729. The van der Waals surface area contributed by atoms with Crippen LogP contribution in [0.1, 0.15) is 40.5 Å². The van der Waals surface area contributed by atoms with Crippen LogP contribution < -0.4 is 0 Å². The SMILES string of the molecule is CC(C)N(C(C)C)C1CC1. The van der Waals surface area contributed by atoms with Gasteiger partial charge in [0.1, 0.15) is 0 Å². The Morgan fingerprint density at radius 1 is 1.00 bits per heavy atom. The van der Waals surface area contributed by atoms with E-state index in [2.05, 4.69) is 32.6 Å². The summed E-state index contributed by atoms with van der Waals surface area (Å²) < 4.78 is 0. The summed E-state index contributed by atoms with van der Waals surface area (Å²) in [5.41, 5.74) is 0. The zero-order valence-electron chi connectivity index (χ0n) is 7.59. The highest BCUT2D eigenvalue weighted by Gasteiger charge is 2.31. The molecule has 0 atom stereocenters. The van der Waals surface area contributed by atoms with Gasteiger partial charge >= 0.3 is 0 Å². The molecule has 0 heterocycles. The topological polar surface area (TPSA) is 3.24 Å². The first-order valence-corrected chi connectivity index (χ1v) is 4.40. The fraction of sp³-hybridized carbons (Fsp3) is 1.00. The number of hydrogen-bond acceptors (Lipinski definition) is 1. The van der Waals surface area contributed by atoms with Crippen molar-refractivity contribution in [3.63, 3.8) is 0 Å². The van der Waals surface area contributed by atoms with E-state index in [1.165, 1.54) is 12.8 Å². The van der Waals surface area contributed by atoms with Crippen LogP contribution in [0.2, 0.25) is 0 Å². The summed E-state index contributed by atoms with van der Waals surface area (Å²) in [5, 5.41) is 0. The average Bonchev–Trinajstić information content (AvgIpc) is 2.46. The molecule has 60 valence electrons. The average molecular weight is 141 g/mol. The van der Waals surface area contributed by atoms with Crippen molar-refractivity contribution in [2.45, 2.75) is 58.7 Å². The van der Waals surface area contributed by atoms with E-state index in [9.17, 15) is 0 Å². The maximum absolute atomic E-state index is 2.61. The monoisotopic (exact) mass is 141 g/mol. The number of hydrogen-bond donors (Lipinski definition) is 0. The van der Waals surface area contributed by atoms with Gasteiger partial charge in [-0.1, -0.05) is 0 Å². The van der Waals surface area contributed by atoms with Crippen molar-refractivity contribution in [3.8, 4) is 0 Å². The maximum atomic E-state index is 2.61. The summed E-state index contributed by atoms with van der Waals surface area (Å²) >= 11 is 0. The van der Waals surface area contributed by atoms with Crippen molar-refractivity contribution in [1.82, 2.24) is 4.90 Å². The van der Waals surface area contributed by atoms with Gasteiger partial charge in [0, 0.05) is 18.1 Å². The third-order valence-corrected chi connectivity index (χ3v) is 2.16. The molecule has 0 spiro atoms. The Bertz CT molecular complexity index is 92.5. The first-order chi connectivity index (χ1) is 4.63. The lowest BCUT2D eigenvalue weighted by Gasteiger charge is -2.30. The lowest BCUT2D eigenvalue weighted by atomic mass is 10.2. The highest BCUT2D eigenvalue weighted by Crippen LogP contribution is 2.30. The summed E-state index contributed by atoms with van der Waals surface area (Å²) in [6.45, 7) is 9.16. The van der Waals surface area contributed by atoms with E-state index in [0.29, 0.717) is 0 Å². The van der Waals surface area contributed by atoms with E-state index in [4.69, 9.17) is 0 Å². The van der Waals surface area contributed by atoms with Crippen molar-refractivity contribution >= 4 is 0 Å². The van der Waals surface area contributed by atoms with E-state index in [0.717, 1.165) is 18.1 Å². The van der Waals surface area contributed by atoms with Crippen LogP contribution >= 0.6 is 0 Å². The number of nitrogens with zero attached hydrogens (tertiary/aromatic N) is 1. The molecule has 1 saturated carbocycles. The summed E-state index contributed by atoms with van der Waals surface area (Å²) in [5.74, 6) is 0. The Labute approximate surface area is 64.4 Å². The highest BCUT2D eigenvalue weighted by molar-refractivity contribution is 4.87. The third-order valence-electron chi connectivity index (χ3n) is 2.16. The zero-order valence-corrected chi connectivity index (χ0v) is 7.59. The van der Waals surface area contributed by atoms with Gasteiger partial charge in [-0.3, -0.25) is 4.90 Å². The molecule has 1 fully saturated rings. The minimum atomic E-state index is 0.729. The van der Waals surface area contributed by atoms with E-state index < -0.39 is 0 Å². The Morgan fingerprint density at radius 2 is 1.40 bits per heavy atom. The molecular formula is C9H19N. The van der Waals surface area contributed by atoms with Crippen LogP contribution in [0, 0.1) is 0 Å². The predicted molar refractivity (Wildman–Crippen MR) is 45.1 cm³/mol. The van der Waals surface area contributed by atoms with E-state index in [-0.39, 0.29) is 0 Å². The molecule has 1 nitrogen and oxygen atoms in total. The second-order valence-electron chi connectivity index (χ2n) is 3.87. The van der Waals surface area contributed by atoms with Crippen LogP contribution in [0.3, 0.4) is 0 Å². The van der Waals surface area contributed by atoms with Crippen LogP contribution in [0.25, 0.3) is 0 Å². The van der Waals surface area contributed by atoms with Crippen molar-refractivity contribution in [3.05, 3.63) is 0 Å². The predicted octanol–water partition coefficient (Wildman–Crippen LogP) is 2.27. The van der Waals surface area contributed by atoms with E-state index >= 15 is 0 Å². The first-order valence-electron chi connectivity index (χ1n) is 4.40. The van der Waals surface area contributed by atoms with Gasteiger partial charge in [0.15, 0.2) is 0 Å². The quantitative estimate of drug-likeness (QED) is 0.582. The summed E-state index contributed by atoms with van der Waals surface area (Å²) in [7, 11) is 0. The molecule has 0 unspecified atom stereocenters. The van der Waals surface area contributed by atoms with Gasteiger partial charge in [-0.05, 0) is 40.5 Å². The van der Waals surface area contributed by atoms with Crippen molar-refractivity contribution in [1.29, 1.82) is 0 Å². The molecule has 1 heteroatoms. The third kappa shape index (κ3) is 1.72. The minimum Gasteiger partial charge on any atom is -0.296 e. The molecule has 0 amide bonds. The standard InChI is InChI=1S/C9H19N/c1-7(2)10(8(3)4)9-5-6-9/h7-9H,5-6H2,1-4H3. The zero-order chi connectivity index (χ0) is 7.72. The molecular weight excluding hydrogens is 122 g/mol. The van der Waals surface area contributed by atoms with Crippen LogP contribution in [-0.4, -0.2) is 23.0 Å². The summed E-state index contributed by atoms with van der Waals surface area (Å²) in [6, 6.07) is 2.38. The Balaban J connectivity index is 2.41. The van der Waals surface area contributed by atoms with Crippen LogP contribution in [-0.2, 0) is 0 Å². The molecule has 0 N–H and O–H groups in total. The van der Waals surface area contributed by atoms with Gasteiger partial charge < -0.3 is 0 Å². The summed E-state index contributed by atoms with van der Waals surface area (Å²) in [4.78, 5) is 2.61. The molecule has 10 heavy (non-hydrogen) atoms. The van der Waals surface area contributed by atoms with E-state index in [1.807, 2.05) is 0 Å². The highest BCUT2D eigenvalue weighted by atomic mass is 15.2. The summed E-state index contributed by atoms with van der Waals surface area (Å²) in [6.07, 6.45) is 2.85. The largest absolute Gasteiger partial charge is 0.296 e. The maximum Gasteiger partial charge on any atom is 0.0102 e. The molecule has 0 aliphatic heterocycles. The molecule has 0 aromatic rings. The van der Waals surface area contributed by atoms with Crippen molar-refractivity contribution < 1.29 is 0 Å². The second-order valence-corrected chi connectivity index (χ2v) is 3.87. The lowest BCUT2D eigenvalue weighted by molar-refractivity contribution is 0.165. The molecule has 0 saturated heterocycles.